The van der Waals surface area contributed by atoms with Gasteiger partial charge in [0.25, 0.3) is 0 Å². The van der Waals surface area contributed by atoms with Crippen molar-refractivity contribution in [3.63, 3.8) is 0 Å². The summed E-state index contributed by atoms with van der Waals surface area (Å²) in [6.07, 6.45) is 12.7. The van der Waals surface area contributed by atoms with Crippen molar-refractivity contribution in [2.24, 2.45) is 0 Å². The van der Waals surface area contributed by atoms with E-state index in [4.69, 9.17) is 15.0 Å². The van der Waals surface area contributed by atoms with Gasteiger partial charge in [-0.05, 0) is 99.9 Å². The molecule has 0 saturated heterocycles. The van der Waals surface area contributed by atoms with Crippen LogP contribution in [0.1, 0.15) is 46.5 Å². The average Bonchev–Trinajstić information content (AvgIpc) is 3.64. The van der Waals surface area contributed by atoms with Crippen molar-refractivity contribution in [3.8, 4) is 56.2 Å². The van der Waals surface area contributed by atoms with Crippen LogP contribution in [0.5, 0.6) is 0 Å². The number of benzene rings is 6. The largest absolute Gasteiger partial charge is 0.370 e. The molecule has 0 unspecified atom stereocenters. The smallest absolute Gasteiger partial charge is 0.164 e. The Balaban J connectivity index is 1.07. The Morgan fingerprint density at radius 1 is 0.571 bits per heavy atom. The predicted octanol–water partition coefficient (Wildman–Crippen LogP) is 12.2. The SMILES string of the molecule is Cc1ccccc1CC1=C(c2nc(-c3ccccc3)nc(-c3cccc4c3-c3cccc(-c5ccc(-c6cccc7c6C=CCN7C)cc5)c3C4)n2)CCC=C1. The van der Waals surface area contributed by atoms with Crippen molar-refractivity contribution < 1.29 is 0 Å². The van der Waals surface area contributed by atoms with Gasteiger partial charge in [-0.1, -0.05) is 152 Å². The molecule has 7 aromatic rings. The second-order valence-electron chi connectivity index (χ2n) is 15.2. The number of fused-ring (bicyclic) bond motifs is 4. The zero-order chi connectivity index (χ0) is 37.6. The summed E-state index contributed by atoms with van der Waals surface area (Å²) in [7, 11) is 2.16. The Hall–Kier alpha value is -6.65. The standard InChI is InChI=1S/C52H42N4/c1-34-14-6-7-17-38(34)32-39-18-8-9-20-43(39)51-53-50(37-15-4-3-5-16-37)54-52(55-51)46-24-10-19-40-33-47-42(21-11-23-45(47)49(40)46)36-29-27-35(28-30-36)41-22-12-26-48-44(41)25-13-31-56(48)2/h3-8,10-19,21-30H,9,20,31-33H2,1-2H3. The molecule has 0 N–H and O–H groups in total. The van der Waals surface area contributed by atoms with E-state index in [9.17, 15) is 0 Å². The van der Waals surface area contributed by atoms with Crippen LogP contribution in [0.2, 0.25) is 0 Å². The lowest BCUT2D eigenvalue weighted by Gasteiger charge is -2.25. The molecule has 0 radical (unpaired) electrons. The summed E-state index contributed by atoms with van der Waals surface area (Å²) < 4.78 is 0. The molecule has 0 bridgehead atoms. The van der Waals surface area contributed by atoms with Gasteiger partial charge in [0, 0.05) is 41.5 Å². The monoisotopic (exact) mass is 722 g/mol. The van der Waals surface area contributed by atoms with E-state index in [1.165, 1.54) is 78.0 Å². The van der Waals surface area contributed by atoms with Gasteiger partial charge in [0.05, 0.1) is 0 Å². The van der Waals surface area contributed by atoms with Crippen molar-refractivity contribution in [2.45, 2.75) is 32.6 Å². The molecule has 10 rings (SSSR count). The van der Waals surface area contributed by atoms with Crippen molar-refractivity contribution >= 4 is 17.3 Å². The number of hydrogen-bond donors (Lipinski definition) is 0. The molecule has 1 aliphatic heterocycles. The fourth-order valence-electron chi connectivity index (χ4n) is 8.79. The van der Waals surface area contributed by atoms with Crippen LogP contribution in [0.15, 0.2) is 157 Å². The molecule has 0 atom stereocenters. The first-order valence-corrected chi connectivity index (χ1v) is 19.7. The van der Waals surface area contributed by atoms with Crippen LogP contribution in [-0.4, -0.2) is 28.5 Å². The maximum Gasteiger partial charge on any atom is 0.164 e. The Labute approximate surface area is 329 Å². The van der Waals surface area contributed by atoms with Gasteiger partial charge in [-0.25, -0.2) is 15.0 Å². The lowest BCUT2D eigenvalue weighted by Crippen LogP contribution is -2.20. The number of nitrogens with zero attached hydrogens (tertiary/aromatic N) is 4. The molecular weight excluding hydrogens is 681 g/mol. The second-order valence-corrected chi connectivity index (χ2v) is 15.2. The van der Waals surface area contributed by atoms with Crippen LogP contribution in [-0.2, 0) is 12.8 Å². The van der Waals surface area contributed by atoms with E-state index in [0.717, 1.165) is 55.0 Å². The van der Waals surface area contributed by atoms with E-state index in [0.29, 0.717) is 5.82 Å². The van der Waals surface area contributed by atoms with E-state index >= 15 is 0 Å². The maximum absolute atomic E-state index is 5.35. The molecule has 0 saturated carbocycles. The topological polar surface area (TPSA) is 41.9 Å². The molecule has 3 aliphatic rings. The van der Waals surface area contributed by atoms with Gasteiger partial charge in [0.15, 0.2) is 17.5 Å². The Bertz CT molecular complexity index is 2740. The number of hydrogen-bond acceptors (Lipinski definition) is 4. The van der Waals surface area contributed by atoms with Crippen molar-refractivity contribution in [2.75, 3.05) is 18.5 Å². The van der Waals surface area contributed by atoms with Gasteiger partial charge in [0.2, 0.25) is 0 Å². The Kier molecular flexibility index (Phi) is 8.60. The van der Waals surface area contributed by atoms with Gasteiger partial charge in [0.1, 0.15) is 0 Å². The van der Waals surface area contributed by atoms with Crippen molar-refractivity contribution in [1.82, 2.24) is 15.0 Å². The lowest BCUT2D eigenvalue weighted by molar-refractivity contribution is 0.954. The Morgan fingerprint density at radius 3 is 2.12 bits per heavy atom. The minimum Gasteiger partial charge on any atom is -0.370 e. The molecule has 56 heavy (non-hydrogen) atoms. The first-order valence-electron chi connectivity index (χ1n) is 19.7. The summed E-state index contributed by atoms with van der Waals surface area (Å²) in [5, 5.41) is 0. The number of allylic oxidation sites excluding steroid dienone is 4. The van der Waals surface area contributed by atoms with Gasteiger partial charge in [-0.2, -0.15) is 0 Å². The third-order valence-corrected chi connectivity index (χ3v) is 11.7. The highest BCUT2D eigenvalue weighted by Gasteiger charge is 2.27. The predicted molar refractivity (Wildman–Crippen MR) is 232 cm³/mol. The van der Waals surface area contributed by atoms with Gasteiger partial charge < -0.3 is 4.90 Å². The highest BCUT2D eigenvalue weighted by molar-refractivity contribution is 5.93. The van der Waals surface area contributed by atoms with Gasteiger partial charge in [-0.15, -0.1) is 0 Å². The van der Waals surface area contributed by atoms with Gasteiger partial charge in [-0.3, -0.25) is 0 Å². The minimum atomic E-state index is 0.703. The number of rotatable bonds is 7. The molecule has 6 aromatic carbocycles. The van der Waals surface area contributed by atoms with E-state index < -0.39 is 0 Å². The molecule has 4 heteroatoms. The minimum absolute atomic E-state index is 0.703. The normalized spacial score (nSPS) is 14.1. The maximum atomic E-state index is 5.35. The zero-order valence-electron chi connectivity index (χ0n) is 31.8. The van der Waals surface area contributed by atoms with E-state index in [1.807, 2.05) is 6.07 Å². The van der Waals surface area contributed by atoms with Crippen LogP contribution in [0.4, 0.5) is 5.69 Å². The summed E-state index contributed by atoms with van der Waals surface area (Å²) in [6, 6.07) is 48.1. The van der Waals surface area contributed by atoms with E-state index in [-0.39, 0.29) is 0 Å². The van der Waals surface area contributed by atoms with Gasteiger partial charge >= 0.3 is 0 Å². The fraction of sp³-hybridized carbons (Fsp3) is 0.135. The second kappa shape index (κ2) is 14.2. The summed E-state index contributed by atoms with van der Waals surface area (Å²) in [6.45, 7) is 3.13. The number of aryl methyl sites for hydroxylation is 1. The van der Waals surface area contributed by atoms with E-state index in [1.54, 1.807) is 0 Å². The quantitative estimate of drug-likeness (QED) is 0.164. The van der Waals surface area contributed by atoms with Crippen molar-refractivity contribution in [1.29, 1.82) is 0 Å². The van der Waals surface area contributed by atoms with Crippen LogP contribution in [0.25, 0.3) is 67.8 Å². The van der Waals surface area contributed by atoms with Crippen molar-refractivity contribution in [3.05, 3.63) is 191 Å². The molecular formula is C52H42N4. The van der Waals surface area contributed by atoms with Crippen LogP contribution in [0, 0.1) is 6.92 Å². The molecule has 1 aromatic heterocycles. The first kappa shape index (κ1) is 33.9. The zero-order valence-corrected chi connectivity index (χ0v) is 31.8. The molecule has 2 aliphatic carbocycles. The lowest BCUT2D eigenvalue weighted by atomic mass is 9.90. The van der Waals surface area contributed by atoms with Crippen LogP contribution >= 0.6 is 0 Å². The number of aromatic nitrogens is 3. The summed E-state index contributed by atoms with van der Waals surface area (Å²) in [5.41, 5.74) is 19.8. The molecule has 0 amide bonds. The summed E-state index contributed by atoms with van der Waals surface area (Å²) >= 11 is 0. The first-order chi connectivity index (χ1) is 27.6. The molecule has 0 spiro atoms. The average molecular weight is 723 g/mol. The number of likely N-dealkylation sites (N-methyl/N-ethyl adjacent to an activating group) is 1. The Morgan fingerprint density at radius 2 is 1.27 bits per heavy atom. The fourth-order valence-corrected chi connectivity index (χ4v) is 8.79. The molecule has 4 nitrogen and oxygen atoms in total. The molecule has 270 valence electrons. The molecule has 2 heterocycles. The summed E-state index contributed by atoms with van der Waals surface area (Å²) in [5.74, 6) is 2.19. The highest BCUT2D eigenvalue weighted by atomic mass is 15.1. The third kappa shape index (κ3) is 6.08. The van der Waals surface area contributed by atoms with Crippen LogP contribution in [0.3, 0.4) is 0 Å². The molecule has 0 fully saturated rings. The van der Waals surface area contributed by atoms with E-state index in [2.05, 4.69) is 171 Å². The number of anilines is 1. The summed E-state index contributed by atoms with van der Waals surface area (Å²) in [4.78, 5) is 18.1. The van der Waals surface area contributed by atoms with Crippen LogP contribution < -0.4 is 4.90 Å². The third-order valence-electron chi connectivity index (χ3n) is 11.7. The highest BCUT2D eigenvalue weighted by Crippen LogP contribution is 2.46.